The van der Waals surface area contributed by atoms with Gasteiger partial charge in [0.25, 0.3) is 0 Å². The van der Waals surface area contributed by atoms with E-state index in [9.17, 15) is 0 Å². The highest BCUT2D eigenvalue weighted by Gasteiger charge is 2.07. The summed E-state index contributed by atoms with van der Waals surface area (Å²) in [5.41, 5.74) is 0. The Kier molecular flexibility index (Phi) is 6.13. The van der Waals surface area contributed by atoms with Gasteiger partial charge >= 0.3 is 0 Å². The van der Waals surface area contributed by atoms with Gasteiger partial charge < -0.3 is 19.5 Å². The third-order valence-electron chi connectivity index (χ3n) is 2.64. The average molecular weight is 297 g/mol. The summed E-state index contributed by atoms with van der Waals surface area (Å²) in [5, 5.41) is 6.14. The predicted octanol–water partition coefficient (Wildman–Crippen LogP) is 1.91. The Morgan fingerprint density at radius 3 is 2.75 bits per heavy atom. The van der Waals surface area contributed by atoms with Crippen molar-refractivity contribution in [2.45, 2.75) is 6.61 Å². The van der Waals surface area contributed by atoms with Crippen LogP contribution in [0.2, 0.25) is 0 Å². The van der Waals surface area contributed by atoms with E-state index in [0.717, 1.165) is 16.0 Å². The zero-order valence-corrected chi connectivity index (χ0v) is 12.5. The lowest BCUT2D eigenvalue weighted by Gasteiger charge is -2.07. The fourth-order valence-corrected chi connectivity index (χ4v) is 2.46. The Morgan fingerprint density at radius 2 is 1.95 bits per heavy atom. The zero-order chi connectivity index (χ0) is 14.2. The third kappa shape index (κ3) is 4.11. The van der Waals surface area contributed by atoms with Crippen molar-refractivity contribution >= 4 is 27.4 Å². The first-order valence-corrected chi connectivity index (χ1v) is 7.29. The highest BCUT2D eigenvalue weighted by atomic mass is 32.1. The Morgan fingerprint density at radius 1 is 1.15 bits per heavy atom. The van der Waals surface area contributed by atoms with Gasteiger partial charge in [-0.15, -0.1) is 11.3 Å². The monoisotopic (exact) mass is 297 g/mol. The van der Waals surface area contributed by atoms with E-state index in [2.05, 4.69) is 15.3 Å². The topological polar surface area (TPSA) is 65.5 Å². The quantitative estimate of drug-likeness (QED) is 0.713. The smallest absolute Gasteiger partial charge is 0.158 e. The van der Waals surface area contributed by atoms with Gasteiger partial charge in [0.2, 0.25) is 0 Å². The van der Waals surface area contributed by atoms with Gasteiger partial charge in [0, 0.05) is 14.2 Å². The number of rotatable bonds is 9. The van der Waals surface area contributed by atoms with Crippen molar-refractivity contribution < 1.29 is 14.2 Å². The molecule has 2 aromatic heterocycles. The van der Waals surface area contributed by atoms with Crippen molar-refractivity contribution in [3.05, 3.63) is 17.3 Å². The minimum Gasteiger partial charge on any atom is -0.382 e. The van der Waals surface area contributed by atoms with Crippen LogP contribution in [0.5, 0.6) is 0 Å². The van der Waals surface area contributed by atoms with E-state index in [1.807, 2.05) is 18.5 Å². The van der Waals surface area contributed by atoms with E-state index in [4.69, 9.17) is 14.2 Å². The van der Waals surface area contributed by atoms with Crippen LogP contribution in [0.1, 0.15) is 5.82 Å². The van der Waals surface area contributed by atoms with E-state index in [1.54, 1.807) is 18.4 Å². The van der Waals surface area contributed by atoms with Crippen LogP contribution in [-0.4, -0.2) is 50.6 Å². The summed E-state index contributed by atoms with van der Waals surface area (Å²) in [7, 11) is 3.50. The first-order valence-electron chi connectivity index (χ1n) is 6.41. The molecule has 2 rings (SSSR count). The van der Waals surface area contributed by atoms with E-state index in [0.29, 0.717) is 38.9 Å². The lowest BCUT2D eigenvalue weighted by Crippen LogP contribution is -2.09. The predicted molar refractivity (Wildman–Crippen MR) is 79.3 cm³/mol. The fourth-order valence-electron chi connectivity index (χ4n) is 1.68. The lowest BCUT2D eigenvalue weighted by atomic mass is 10.4. The second-order valence-corrected chi connectivity index (χ2v) is 4.93. The number of anilines is 1. The van der Waals surface area contributed by atoms with Crippen LogP contribution in [-0.2, 0) is 20.8 Å². The molecule has 0 bridgehead atoms. The van der Waals surface area contributed by atoms with Crippen LogP contribution < -0.4 is 5.32 Å². The van der Waals surface area contributed by atoms with E-state index >= 15 is 0 Å². The third-order valence-corrected chi connectivity index (χ3v) is 3.45. The first kappa shape index (κ1) is 15.1. The average Bonchev–Trinajstić information content (AvgIpc) is 2.93. The van der Waals surface area contributed by atoms with Crippen LogP contribution in [0.15, 0.2) is 11.4 Å². The van der Waals surface area contributed by atoms with Crippen molar-refractivity contribution in [3.63, 3.8) is 0 Å². The summed E-state index contributed by atoms with van der Waals surface area (Å²) in [6, 6.07) is 2.01. The summed E-state index contributed by atoms with van der Waals surface area (Å²) in [6.45, 7) is 2.63. The summed E-state index contributed by atoms with van der Waals surface area (Å²) in [6.07, 6.45) is 0. The second kappa shape index (κ2) is 8.11. The van der Waals surface area contributed by atoms with Crippen molar-refractivity contribution in [1.29, 1.82) is 0 Å². The number of hydrogen-bond donors (Lipinski definition) is 1. The molecule has 20 heavy (non-hydrogen) atoms. The Hall–Kier alpha value is -1.28. The molecule has 0 amide bonds. The maximum Gasteiger partial charge on any atom is 0.158 e. The highest BCUT2D eigenvalue weighted by Crippen LogP contribution is 2.24. The maximum atomic E-state index is 5.51. The molecule has 0 spiro atoms. The number of methoxy groups -OCH3 is 1. The molecule has 0 aliphatic carbocycles. The van der Waals surface area contributed by atoms with E-state index in [1.165, 1.54) is 0 Å². The summed E-state index contributed by atoms with van der Waals surface area (Å²) in [5.74, 6) is 1.52. The Balaban J connectivity index is 1.81. The minimum absolute atomic E-state index is 0.385. The van der Waals surface area contributed by atoms with Crippen LogP contribution in [0.4, 0.5) is 5.82 Å². The van der Waals surface area contributed by atoms with E-state index < -0.39 is 0 Å². The van der Waals surface area contributed by atoms with Crippen molar-refractivity contribution in [3.8, 4) is 0 Å². The van der Waals surface area contributed by atoms with Gasteiger partial charge in [0.15, 0.2) is 5.82 Å². The van der Waals surface area contributed by atoms with Crippen LogP contribution in [0.3, 0.4) is 0 Å². The number of hydrogen-bond acceptors (Lipinski definition) is 7. The molecule has 0 radical (unpaired) electrons. The molecule has 110 valence electrons. The van der Waals surface area contributed by atoms with Crippen LogP contribution >= 0.6 is 11.3 Å². The molecule has 0 saturated heterocycles. The molecule has 2 heterocycles. The fraction of sp³-hybridized carbons (Fsp3) is 0.538. The van der Waals surface area contributed by atoms with Gasteiger partial charge in [-0.2, -0.15) is 0 Å². The molecule has 0 saturated carbocycles. The zero-order valence-electron chi connectivity index (χ0n) is 11.7. The standard InChI is InChI=1S/C13H19N3O3S/c1-14-12-10-3-8-20-13(10)16-11(15-12)9-19-7-6-18-5-4-17-2/h3,8H,4-7,9H2,1-2H3,(H,14,15,16). The molecule has 0 unspecified atom stereocenters. The van der Waals surface area contributed by atoms with Crippen molar-refractivity contribution in [2.24, 2.45) is 0 Å². The molecule has 0 atom stereocenters. The molecule has 7 heteroatoms. The number of fused-ring (bicyclic) bond motifs is 1. The van der Waals surface area contributed by atoms with Gasteiger partial charge in [0.05, 0.1) is 31.8 Å². The number of nitrogens with zero attached hydrogens (tertiary/aromatic N) is 2. The van der Waals surface area contributed by atoms with Crippen LogP contribution in [0, 0.1) is 0 Å². The van der Waals surface area contributed by atoms with Gasteiger partial charge in [-0.1, -0.05) is 0 Å². The number of aromatic nitrogens is 2. The summed E-state index contributed by atoms with van der Waals surface area (Å²) < 4.78 is 15.7. The van der Waals surface area contributed by atoms with E-state index in [-0.39, 0.29) is 0 Å². The molecule has 1 N–H and O–H groups in total. The maximum absolute atomic E-state index is 5.51. The Labute approximate surface area is 122 Å². The molecule has 0 aliphatic heterocycles. The molecule has 0 fully saturated rings. The van der Waals surface area contributed by atoms with Gasteiger partial charge in [-0.3, -0.25) is 0 Å². The molecular formula is C13H19N3O3S. The molecular weight excluding hydrogens is 278 g/mol. The molecule has 6 nitrogen and oxygen atoms in total. The van der Waals surface area contributed by atoms with Gasteiger partial charge in [0.1, 0.15) is 17.3 Å². The number of nitrogens with one attached hydrogen (secondary N) is 1. The number of thiophene rings is 1. The van der Waals surface area contributed by atoms with Crippen molar-refractivity contribution in [2.75, 3.05) is 45.9 Å². The van der Waals surface area contributed by atoms with Gasteiger partial charge in [-0.05, 0) is 11.4 Å². The number of ether oxygens (including phenoxy) is 3. The van der Waals surface area contributed by atoms with Gasteiger partial charge in [-0.25, -0.2) is 9.97 Å². The lowest BCUT2D eigenvalue weighted by molar-refractivity contribution is 0.0185. The summed E-state index contributed by atoms with van der Waals surface area (Å²) >= 11 is 1.60. The largest absolute Gasteiger partial charge is 0.382 e. The molecule has 0 aromatic carbocycles. The van der Waals surface area contributed by atoms with Crippen LogP contribution in [0.25, 0.3) is 10.2 Å². The van der Waals surface area contributed by atoms with Crippen molar-refractivity contribution in [1.82, 2.24) is 9.97 Å². The SMILES string of the molecule is CNc1nc(COCCOCCOC)nc2sccc12. The second-order valence-electron chi connectivity index (χ2n) is 4.04. The molecule has 0 aliphatic rings. The highest BCUT2D eigenvalue weighted by molar-refractivity contribution is 7.16. The normalized spacial score (nSPS) is 11.1. The first-order chi connectivity index (χ1) is 9.85. The minimum atomic E-state index is 0.385. The Bertz CT molecular complexity index is 533. The summed E-state index contributed by atoms with van der Waals surface area (Å²) in [4.78, 5) is 9.88. The molecule has 2 aromatic rings.